The van der Waals surface area contributed by atoms with Crippen LogP contribution in [0.2, 0.25) is 0 Å². The third kappa shape index (κ3) is 7.59. The van der Waals surface area contributed by atoms with Crippen molar-refractivity contribution in [3.8, 4) is 5.75 Å². The molecule has 0 aromatic heterocycles. The molecule has 0 heterocycles. The molecule has 1 unspecified atom stereocenters. The molecule has 0 bridgehead atoms. The molecule has 5 heteroatoms. The smallest absolute Gasteiger partial charge is 0.310 e. The van der Waals surface area contributed by atoms with E-state index in [1.807, 2.05) is 24.3 Å². The molecule has 1 aromatic rings. The lowest BCUT2D eigenvalue weighted by Gasteiger charge is -2.26. The van der Waals surface area contributed by atoms with Crippen LogP contribution >= 0.6 is 0 Å². The number of ether oxygens (including phenoxy) is 2. The number of rotatable bonds is 10. The van der Waals surface area contributed by atoms with Gasteiger partial charge in [0.1, 0.15) is 5.75 Å². The number of amides is 1. The molecule has 1 atom stereocenters. The van der Waals surface area contributed by atoms with Gasteiger partial charge in [-0.05, 0) is 36.5 Å². The van der Waals surface area contributed by atoms with Gasteiger partial charge in [-0.25, -0.2) is 0 Å². The van der Waals surface area contributed by atoms with Crippen LogP contribution in [-0.4, -0.2) is 43.6 Å². The number of carbonyl (C=O) groups is 2. The Kier molecular flexibility index (Phi) is 9.03. The first kappa shape index (κ1) is 21.0. The van der Waals surface area contributed by atoms with Gasteiger partial charge in [-0.3, -0.25) is 9.59 Å². The molecule has 0 fully saturated rings. The summed E-state index contributed by atoms with van der Waals surface area (Å²) in [6.07, 6.45) is 1.80. The zero-order valence-corrected chi connectivity index (χ0v) is 16.1. The number of methoxy groups -OCH3 is 1. The third-order valence-electron chi connectivity index (χ3n) is 4.10. The van der Waals surface area contributed by atoms with Crippen molar-refractivity contribution < 1.29 is 19.1 Å². The van der Waals surface area contributed by atoms with Gasteiger partial charge in [0.25, 0.3) is 5.91 Å². The van der Waals surface area contributed by atoms with E-state index in [2.05, 4.69) is 20.8 Å². The lowest BCUT2D eigenvalue weighted by molar-refractivity contribution is -0.146. The van der Waals surface area contributed by atoms with Crippen LogP contribution in [-0.2, 0) is 20.7 Å². The second-order valence-corrected chi connectivity index (χ2v) is 6.74. The van der Waals surface area contributed by atoms with Gasteiger partial charge in [0.2, 0.25) is 0 Å². The molecule has 1 amide bonds. The van der Waals surface area contributed by atoms with Gasteiger partial charge in [0, 0.05) is 13.1 Å². The van der Waals surface area contributed by atoms with E-state index in [1.54, 1.807) is 11.8 Å². The monoisotopic (exact) mass is 349 g/mol. The van der Waals surface area contributed by atoms with Crippen LogP contribution < -0.4 is 4.74 Å². The predicted octanol–water partition coefficient (Wildman–Crippen LogP) is 3.31. The Morgan fingerprint density at radius 2 is 1.92 bits per heavy atom. The van der Waals surface area contributed by atoms with Crippen molar-refractivity contribution in [3.05, 3.63) is 29.8 Å². The number of hydrogen-bond acceptors (Lipinski definition) is 4. The average Bonchev–Trinajstić information content (AvgIpc) is 2.62. The van der Waals surface area contributed by atoms with E-state index >= 15 is 0 Å². The van der Waals surface area contributed by atoms with Crippen molar-refractivity contribution in [2.24, 2.45) is 11.8 Å². The van der Waals surface area contributed by atoms with Gasteiger partial charge in [0.15, 0.2) is 6.61 Å². The van der Waals surface area contributed by atoms with Crippen molar-refractivity contribution in [2.45, 2.75) is 40.5 Å². The number of hydrogen-bond donors (Lipinski definition) is 0. The molecule has 5 nitrogen and oxygen atoms in total. The third-order valence-corrected chi connectivity index (χ3v) is 4.10. The maximum atomic E-state index is 12.6. The van der Waals surface area contributed by atoms with Crippen LogP contribution in [0, 0.1) is 11.8 Å². The standard InChI is InChI=1S/C20H31NO4/c1-6-17-8-7-9-18(12-17)25-14-19(22)21(11-10-15(2)3)13-16(4)20(23)24-5/h7-9,12,15-16H,6,10-11,13-14H2,1-5H3. The van der Waals surface area contributed by atoms with E-state index in [1.165, 1.54) is 12.7 Å². The Labute approximate surface area is 151 Å². The summed E-state index contributed by atoms with van der Waals surface area (Å²) < 4.78 is 10.4. The zero-order valence-electron chi connectivity index (χ0n) is 16.1. The first-order chi connectivity index (χ1) is 11.9. The molecule has 25 heavy (non-hydrogen) atoms. The van der Waals surface area contributed by atoms with E-state index in [-0.39, 0.29) is 24.4 Å². The molecule has 0 aliphatic rings. The molecule has 0 spiro atoms. The molecule has 140 valence electrons. The SMILES string of the molecule is CCc1cccc(OCC(=O)N(CCC(C)C)CC(C)C(=O)OC)c1. The first-order valence-electron chi connectivity index (χ1n) is 8.94. The summed E-state index contributed by atoms with van der Waals surface area (Å²) in [5.74, 6) is 0.394. The van der Waals surface area contributed by atoms with Gasteiger partial charge in [-0.2, -0.15) is 0 Å². The van der Waals surface area contributed by atoms with Gasteiger partial charge in [-0.1, -0.05) is 39.8 Å². The zero-order chi connectivity index (χ0) is 18.8. The van der Waals surface area contributed by atoms with Crippen LogP contribution in [0.4, 0.5) is 0 Å². The summed E-state index contributed by atoms with van der Waals surface area (Å²) >= 11 is 0. The van der Waals surface area contributed by atoms with Gasteiger partial charge >= 0.3 is 5.97 Å². The molecule has 1 rings (SSSR count). The Morgan fingerprint density at radius 3 is 2.52 bits per heavy atom. The van der Waals surface area contributed by atoms with Gasteiger partial charge < -0.3 is 14.4 Å². The highest BCUT2D eigenvalue weighted by Crippen LogP contribution is 2.14. The summed E-state index contributed by atoms with van der Waals surface area (Å²) in [6, 6.07) is 7.75. The minimum absolute atomic E-state index is 0.0286. The molecule has 0 radical (unpaired) electrons. The lowest BCUT2D eigenvalue weighted by atomic mass is 10.1. The highest BCUT2D eigenvalue weighted by molar-refractivity contribution is 5.79. The molecule has 0 aliphatic carbocycles. The van der Waals surface area contributed by atoms with E-state index in [9.17, 15) is 9.59 Å². The first-order valence-corrected chi connectivity index (χ1v) is 8.94. The molecule has 1 aromatic carbocycles. The Hall–Kier alpha value is -2.04. The molecule has 0 aliphatic heterocycles. The highest BCUT2D eigenvalue weighted by atomic mass is 16.5. The predicted molar refractivity (Wildman–Crippen MR) is 98.5 cm³/mol. The Balaban J connectivity index is 2.68. The summed E-state index contributed by atoms with van der Waals surface area (Å²) in [5.41, 5.74) is 1.17. The summed E-state index contributed by atoms with van der Waals surface area (Å²) in [5, 5.41) is 0. The van der Waals surface area contributed by atoms with Gasteiger partial charge in [0.05, 0.1) is 13.0 Å². The number of carbonyl (C=O) groups excluding carboxylic acids is 2. The number of esters is 1. The Morgan fingerprint density at radius 1 is 1.20 bits per heavy atom. The molecule has 0 saturated heterocycles. The second-order valence-electron chi connectivity index (χ2n) is 6.74. The largest absolute Gasteiger partial charge is 0.484 e. The lowest BCUT2D eigenvalue weighted by Crippen LogP contribution is -2.40. The van der Waals surface area contributed by atoms with Crippen molar-refractivity contribution in [2.75, 3.05) is 26.8 Å². The number of benzene rings is 1. The fourth-order valence-corrected chi connectivity index (χ4v) is 2.43. The summed E-state index contributed by atoms with van der Waals surface area (Å²) in [7, 11) is 1.36. The maximum Gasteiger partial charge on any atom is 0.310 e. The van der Waals surface area contributed by atoms with E-state index in [4.69, 9.17) is 9.47 Å². The van der Waals surface area contributed by atoms with Crippen LogP contribution in [0.1, 0.15) is 39.7 Å². The van der Waals surface area contributed by atoms with Crippen LogP contribution in [0.25, 0.3) is 0 Å². The highest BCUT2D eigenvalue weighted by Gasteiger charge is 2.22. The fraction of sp³-hybridized carbons (Fsp3) is 0.600. The fourth-order valence-electron chi connectivity index (χ4n) is 2.43. The van der Waals surface area contributed by atoms with Gasteiger partial charge in [-0.15, -0.1) is 0 Å². The molecular formula is C20H31NO4. The topological polar surface area (TPSA) is 55.8 Å². The number of aryl methyl sites for hydroxylation is 1. The van der Waals surface area contributed by atoms with Crippen molar-refractivity contribution in [3.63, 3.8) is 0 Å². The molecule has 0 saturated carbocycles. The quantitative estimate of drug-likeness (QED) is 0.608. The molecular weight excluding hydrogens is 318 g/mol. The molecule has 0 N–H and O–H groups in total. The maximum absolute atomic E-state index is 12.6. The van der Waals surface area contributed by atoms with Crippen molar-refractivity contribution >= 4 is 11.9 Å². The van der Waals surface area contributed by atoms with Crippen molar-refractivity contribution in [1.29, 1.82) is 0 Å². The second kappa shape index (κ2) is 10.7. The van der Waals surface area contributed by atoms with Crippen LogP contribution in [0.15, 0.2) is 24.3 Å². The van der Waals surface area contributed by atoms with Crippen molar-refractivity contribution in [1.82, 2.24) is 4.90 Å². The van der Waals surface area contributed by atoms with Crippen LogP contribution in [0.3, 0.4) is 0 Å². The number of nitrogens with zero attached hydrogens (tertiary/aromatic N) is 1. The van der Waals surface area contributed by atoms with E-state index in [0.717, 1.165) is 12.8 Å². The van der Waals surface area contributed by atoms with E-state index < -0.39 is 0 Å². The van der Waals surface area contributed by atoms with E-state index in [0.29, 0.717) is 24.8 Å². The average molecular weight is 349 g/mol. The van der Waals surface area contributed by atoms with Crippen LogP contribution in [0.5, 0.6) is 5.75 Å². The normalized spacial score (nSPS) is 11.9. The minimum atomic E-state index is -0.357. The Bertz CT molecular complexity index is 556. The summed E-state index contributed by atoms with van der Waals surface area (Å²) in [6.45, 7) is 8.99. The minimum Gasteiger partial charge on any atom is -0.484 e. The summed E-state index contributed by atoms with van der Waals surface area (Å²) in [4.78, 5) is 25.9.